The zero-order valence-electron chi connectivity index (χ0n) is 5.56. The van der Waals surface area contributed by atoms with Gasteiger partial charge in [-0.05, 0) is 18.3 Å². The molecule has 2 atom stereocenters. The number of hydrogen-bond donors (Lipinski definition) is 0. The molecule has 0 bridgehead atoms. The van der Waals surface area contributed by atoms with Crippen LogP contribution in [-0.4, -0.2) is 0 Å². The van der Waals surface area contributed by atoms with E-state index in [4.69, 9.17) is 0 Å². The van der Waals surface area contributed by atoms with Crippen LogP contribution in [0.2, 0.25) is 0 Å². The van der Waals surface area contributed by atoms with Gasteiger partial charge >= 0.3 is 0 Å². The molecule has 0 radical (unpaired) electrons. The normalized spacial score (nSPS) is 34.6. The minimum absolute atomic E-state index is 0.884. The van der Waals surface area contributed by atoms with Crippen molar-refractivity contribution in [3.8, 4) is 0 Å². The summed E-state index contributed by atoms with van der Waals surface area (Å²) < 4.78 is 0. The molecule has 0 aromatic heterocycles. The van der Waals surface area contributed by atoms with Crippen LogP contribution in [-0.2, 0) is 0 Å². The average molecular weight is 110 g/mol. The summed E-state index contributed by atoms with van der Waals surface area (Å²) in [6, 6.07) is 0. The highest BCUT2D eigenvalue weighted by atomic mass is 14.4. The maximum Gasteiger partial charge on any atom is -0.0205 e. The molecule has 0 saturated heterocycles. The summed E-state index contributed by atoms with van der Waals surface area (Å²) in [5.74, 6) is 1.90. The van der Waals surface area contributed by atoms with E-state index in [1.54, 1.807) is 0 Å². The van der Waals surface area contributed by atoms with E-state index >= 15 is 0 Å². The second-order valence-corrected chi connectivity index (χ2v) is 2.68. The summed E-state index contributed by atoms with van der Waals surface area (Å²) in [7, 11) is 0. The first kappa shape index (κ1) is 5.87. The lowest BCUT2D eigenvalue weighted by atomic mass is 10.2. The molecule has 0 heteroatoms. The lowest BCUT2D eigenvalue weighted by molar-refractivity contribution is 0.679. The van der Waals surface area contributed by atoms with Gasteiger partial charge in [-0.15, -0.1) is 6.58 Å². The van der Waals surface area contributed by atoms with Gasteiger partial charge in [0.25, 0.3) is 0 Å². The van der Waals surface area contributed by atoms with Gasteiger partial charge in [0.15, 0.2) is 0 Å². The van der Waals surface area contributed by atoms with Gasteiger partial charge in [-0.1, -0.05) is 25.8 Å². The first-order chi connectivity index (χ1) is 3.88. The lowest BCUT2D eigenvalue weighted by Gasteiger charge is -1.87. The van der Waals surface area contributed by atoms with E-state index < -0.39 is 0 Å². The maximum atomic E-state index is 3.76. The highest BCUT2D eigenvalue weighted by Crippen LogP contribution is 2.42. The molecule has 0 N–H and O–H groups in total. The van der Waals surface area contributed by atoms with Gasteiger partial charge in [-0.25, -0.2) is 0 Å². The van der Waals surface area contributed by atoms with Crippen LogP contribution in [0.15, 0.2) is 12.7 Å². The van der Waals surface area contributed by atoms with Crippen molar-refractivity contribution in [1.29, 1.82) is 0 Å². The molecule has 0 aliphatic heterocycles. The maximum absolute atomic E-state index is 3.76. The Kier molecular flexibility index (Phi) is 1.72. The molecular weight excluding hydrogens is 96.1 g/mol. The van der Waals surface area contributed by atoms with Crippen LogP contribution >= 0.6 is 0 Å². The average Bonchev–Trinajstić information content (AvgIpc) is 2.48. The Morgan fingerprint density at radius 1 is 1.75 bits per heavy atom. The molecule has 46 valence electrons. The molecule has 1 saturated carbocycles. The molecule has 0 nitrogen and oxygen atoms in total. The van der Waals surface area contributed by atoms with Gasteiger partial charge in [0.2, 0.25) is 0 Å². The third-order valence-corrected chi connectivity index (χ3v) is 1.94. The smallest absolute Gasteiger partial charge is 0.0205 e. The molecule has 0 spiro atoms. The van der Waals surface area contributed by atoms with Crippen LogP contribution in [0, 0.1) is 11.8 Å². The zero-order chi connectivity index (χ0) is 5.98. The fourth-order valence-corrected chi connectivity index (χ4v) is 1.26. The van der Waals surface area contributed by atoms with Crippen LogP contribution in [0.3, 0.4) is 0 Å². The Bertz CT molecular complexity index is 84.0. The van der Waals surface area contributed by atoms with Crippen molar-refractivity contribution in [2.45, 2.75) is 26.2 Å². The third kappa shape index (κ3) is 1.12. The Morgan fingerprint density at radius 2 is 2.50 bits per heavy atom. The first-order valence-electron chi connectivity index (χ1n) is 3.51. The minimum atomic E-state index is 0.884. The Labute approximate surface area is 51.6 Å². The molecule has 0 amide bonds. The largest absolute Gasteiger partial charge is 0.103 e. The molecular formula is C8H14. The van der Waals surface area contributed by atoms with Crippen molar-refractivity contribution >= 4 is 0 Å². The number of hydrogen-bond acceptors (Lipinski definition) is 0. The van der Waals surface area contributed by atoms with Crippen LogP contribution in [0.4, 0.5) is 0 Å². The summed E-state index contributed by atoms with van der Waals surface area (Å²) in [4.78, 5) is 0. The van der Waals surface area contributed by atoms with Crippen LogP contribution in [0.5, 0.6) is 0 Å². The second kappa shape index (κ2) is 2.34. The van der Waals surface area contributed by atoms with E-state index in [1.807, 2.05) is 0 Å². The predicted molar refractivity (Wildman–Crippen MR) is 36.7 cm³/mol. The van der Waals surface area contributed by atoms with E-state index in [-0.39, 0.29) is 0 Å². The van der Waals surface area contributed by atoms with E-state index in [1.165, 1.54) is 19.3 Å². The van der Waals surface area contributed by atoms with Gasteiger partial charge in [-0.2, -0.15) is 0 Å². The number of rotatable bonds is 3. The quantitative estimate of drug-likeness (QED) is 0.490. The van der Waals surface area contributed by atoms with E-state index in [0.717, 1.165) is 11.8 Å². The molecule has 8 heavy (non-hydrogen) atoms. The fourth-order valence-electron chi connectivity index (χ4n) is 1.26. The molecule has 0 heterocycles. The van der Waals surface area contributed by atoms with Gasteiger partial charge < -0.3 is 0 Å². The topological polar surface area (TPSA) is 0 Å². The van der Waals surface area contributed by atoms with Crippen LogP contribution in [0.1, 0.15) is 26.2 Å². The van der Waals surface area contributed by atoms with Crippen molar-refractivity contribution in [2.24, 2.45) is 11.8 Å². The fraction of sp³-hybridized carbons (Fsp3) is 0.750. The van der Waals surface area contributed by atoms with E-state index in [9.17, 15) is 0 Å². The molecule has 1 aliphatic rings. The molecule has 2 unspecified atom stereocenters. The Hall–Kier alpha value is -0.260. The summed E-state index contributed by atoms with van der Waals surface area (Å²) >= 11 is 0. The van der Waals surface area contributed by atoms with E-state index in [0.29, 0.717) is 0 Å². The SMILES string of the molecule is C=CC1CC1CCC. The monoisotopic (exact) mass is 110 g/mol. The van der Waals surface area contributed by atoms with Gasteiger partial charge in [0, 0.05) is 0 Å². The highest BCUT2D eigenvalue weighted by molar-refractivity contribution is 4.97. The second-order valence-electron chi connectivity index (χ2n) is 2.68. The van der Waals surface area contributed by atoms with Crippen molar-refractivity contribution in [2.75, 3.05) is 0 Å². The van der Waals surface area contributed by atoms with Crippen LogP contribution < -0.4 is 0 Å². The van der Waals surface area contributed by atoms with Crippen molar-refractivity contribution < 1.29 is 0 Å². The van der Waals surface area contributed by atoms with E-state index in [2.05, 4.69) is 19.6 Å². The minimum Gasteiger partial charge on any atom is -0.103 e. The van der Waals surface area contributed by atoms with Gasteiger partial charge in [0.1, 0.15) is 0 Å². The molecule has 1 fully saturated rings. The van der Waals surface area contributed by atoms with Gasteiger partial charge in [-0.3, -0.25) is 0 Å². The molecule has 0 aromatic rings. The van der Waals surface area contributed by atoms with Crippen molar-refractivity contribution in [3.05, 3.63) is 12.7 Å². The number of allylic oxidation sites excluding steroid dienone is 1. The summed E-state index contributed by atoms with van der Waals surface area (Å²) in [5, 5.41) is 0. The zero-order valence-corrected chi connectivity index (χ0v) is 5.56. The summed E-state index contributed by atoms with van der Waals surface area (Å²) in [6.45, 7) is 6.00. The lowest BCUT2D eigenvalue weighted by Crippen LogP contribution is -1.75. The summed E-state index contributed by atoms with van der Waals surface area (Å²) in [5.41, 5.74) is 0. The molecule has 0 aromatic carbocycles. The van der Waals surface area contributed by atoms with Gasteiger partial charge in [0.05, 0.1) is 0 Å². The molecule has 1 rings (SSSR count). The van der Waals surface area contributed by atoms with Crippen LogP contribution in [0.25, 0.3) is 0 Å². The van der Waals surface area contributed by atoms with Crippen molar-refractivity contribution in [3.63, 3.8) is 0 Å². The Balaban J connectivity index is 2.07. The molecule has 1 aliphatic carbocycles. The van der Waals surface area contributed by atoms with Crippen molar-refractivity contribution in [1.82, 2.24) is 0 Å². The highest BCUT2D eigenvalue weighted by Gasteiger charge is 2.32. The Morgan fingerprint density at radius 3 is 2.88 bits per heavy atom. The predicted octanol–water partition coefficient (Wildman–Crippen LogP) is 2.61. The third-order valence-electron chi connectivity index (χ3n) is 1.94. The standard InChI is InChI=1S/C8H14/c1-3-5-8-6-7(8)4-2/h4,7-8H,2-3,5-6H2,1H3. The summed E-state index contributed by atoms with van der Waals surface area (Å²) in [6.07, 6.45) is 6.27. The first-order valence-corrected chi connectivity index (χ1v) is 3.51.